The van der Waals surface area contributed by atoms with Crippen LogP contribution < -0.4 is 9.47 Å². The average molecular weight is 491 g/mol. The molecule has 1 fully saturated rings. The van der Waals surface area contributed by atoms with Gasteiger partial charge in [-0.15, -0.1) is 0 Å². The van der Waals surface area contributed by atoms with Crippen LogP contribution in [-0.2, 0) is 19.6 Å². The topological polar surface area (TPSA) is 102 Å². The van der Waals surface area contributed by atoms with E-state index in [2.05, 4.69) is 0 Å². The minimum Gasteiger partial charge on any atom is -0.494 e. The Bertz CT molecular complexity index is 1080. The van der Waals surface area contributed by atoms with Crippen molar-refractivity contribution in [1.82, 2.24) is 9.21 Å². The van der Waals surface area contributed by atoms with Gasteiger partial charge in [-0.25, -0.2) is 13.2 Å². The van der Waals surface area contributed by atoms with Crippen LogP contribution in [0, 0.1) is 0 Å². The predicted molar refractivity (Wildman–Crippen MR) is 125 cm³/mol. The monoisotopic (exact) mass is 490 g/mol. The first-order chi connectivity index (χ1) is 16.3. The Morgan fingerprint density at radius 3 is 2.09 bits per heavy atom. The average Bonchev–Trinajstić information content (AvgIpc) is 2.86. The van der Waals surface area contributed by atoms with E-state index in [1.165, 1.54) is 35.5 Å². The molecule has 0 radical (unpaired) electrons. The van der Waals surface area contributed by atoms with E-state index in [1.807, 2.05) is 19.1 Å². The van der Waals surface area contributed by atoms with E-state index in [0.29, 0.717) is 25.4 Å². The van der Waals surface area contributed by atoms with E-state index >= 15 is 0 Å². The van der Waals surface area contributed by atoms with Crippen LogP contribution in [0.4, 0.5) is 0 Å². The lowest BCUT2D eigenvalue weighted by molar-refractivity contribution is -0.129. The van der Waals surface area contributed by atoms with Gasteiger partial charge in [0.2, 0.25) is 15.9 Å². The summed E-state index contributed by atoms with van der Waals surface area (Å²) in [5, 5.41) is 0. The van der Waals surface area contributed by atoms with E-state index in [0.717, 1.165) is 12.2 Å². The molecule has 1 aliphatic rings. The van der Waals surface area contributed by atoms with Crippen LogP contribution in [0.25, 0.3) is 0 Å². The number of carbonyl (C=O) groups excluding carboxylic acids is 2. The minimum atomic E-state index is -3.79. The lowest BCUT2D eigenvalue weighted by atomic mass is 10.2. The molecule has 1 heterocycles. The molecular weight excluding hydrogens is 460 g/mol. The molecule has 9 nitrogen and oxygen atoms in total. The van der Waals surface area contributed by atoms with Crippen molar-refractivity contribution in [1.29, 1.82) is 0 Å². The number of sulfonamides is 1. The van der Waals surface area contributed by atoms with Crippen molar-refractivity contribution in [2.24, 2.45) is 0 Å². The van der Waals surface area contributed by atoms with E-state index in [1.54, 1.807) is 17.0 Å². The van der Waals surface area contributed by atoms with Gasteiger partial charge in [-0.1, -0.05) is 13.0 Å². The Morgan fingerprint density at radius 2 is 1.50 bits per heavy atom. The second-order valence-corrected chi connectivity index (χ2v) is 9.68. The standard InChI is InChI=1S/C24H30N2O7S/c1-3-15-31-21-7-9-22(10-8-21)32-16-17-33-24(28)20-5-4-6-23(18-20)34(29,30)26-13-11-25(12-14-26)19(2)27/h4-10,18H,3,11-17H2,1-2H3. The van der Waals surface area contributed by atoms with Crippen LogP contribution in [0.5, 0.6) is 11.5 Å². The molecule has 0 bridgehead atoms. The maximum absolute atomic E-state index is 13.0. The molecule has 10 heteroatoms. The van der Waals surface area contributed by atoms with E-state index < -0.39 is 16.0 Å². The Kier molecular flexibility index (Phi) is 8.89. The van der Waals surface area contributed by atoms with Crippen molar-refractivity contribution in [2.45, 2.75) is 25.2 Å². The van der Waals surface area contributed by atoms with Gasteiger partial charge < -0.3 is 19.1 Å². The van der Waals surface area contributed by atoms with Gasteiger partial charge in [-0.05, 0) is 48.9 Å². The van der Waals surface area contributed by atoms with Crippen LogP contribution in [0.1, 0.15) is 30.6 Å². The summed E-state index contributed by atoms with van der Waals surface area (Å²) in [5.41, 5.74) is 0.140. The third-order valence-electron chi connectivity index (χ3n) is 5.27. The molecular formula is C24H30N2O7S. The molecule has 0 atom stereocenters. The van der Waals surface area contributed by atoms with Crippen LogP contribution in [0.2, 0.25) is 0 Å². The molecule has 0 saturated carbocycles. The number of carbonyl (C=O) groups is 2. The van der Waals surface area contributed by atoms with Gasteiger partial charge >= 0.3 is 5.97 Å². The molecule has 0 aliphatic carbocycles. The number of hydrogen-bond donors (Lipinski definition) is 0. The van der Waals surface area contributed by atoms with Crippen molar-refractivity contribution in [3.05, 3.63) is 54.1 Å². The van der Waals surface area contributed by atoms with Crippen molar-refractivity contribution >= 4 is 21.9 Å². The van der Waals surface area contributed by atoms with Crippen molar-refractivity contribution in [3.63, 3.8) is 0 Å². The zero-order valence-electron chi connectivity index (χ0n) is 19.4. The van der Waals surface area contributed by atoms with Gasteiger partial charge in [0.25, 0.3) is 0 Å². The fourth-order valence-electron chi connectivity index (χ4n) is 3.41. The van der Waals surface area contributed by atoms with E-state index in [4.69, 9.17) is 14.2 Å². The third kappa shape index (κ3) is 6.71. The number of amides is 1. The van der Waals surface area contributed by atoms with E-state index in [9.17, 15) is 18.0 Å². The second-order valence-electron chi connectivity index (χ2n) is 7.74. The molecule has 2 aromatic rings. The summed E-state index contributed by atoms with van der Waals surface area (Å²) in [7, 11) is -3.79. The number of benzene rings is 2. The molecule has 1 amide bonds. The number of hydrogen-bond acceptors (Lipinski definition) is 7. The van der Waals surface area contributed by atoms with Crippen LogP contribution in [0.15, 0.2) is 53.4 Å². The summed E-state index contributed by atoms with van der Waals surface area (Å²) in [6, 6.07) is 12.9. The highest BCUT2D eigenvalue weighted by atomic mass is 32.2. The molecule has 1 aliphatic heterocycles. The second kappa shape index (κ2) is 11.8. The first-order valence-electron chi connectivity index (χ1n) is 11.2. The number of piperazine rings is 1. The van der Waals surface area contributed by atoms with Crippen LogP contribution in [-0.4, -0.2) is 75.5 Å². The van der Waals surface area contributed by atoms with Crippen molar-refractivity contribution in [2.75, 3.05) is 46.0 Å². The Balaban J connectivity index is 1.51. The zero-order chi connectivity index (χ0) is 24.6. The minimum absolute atomic E-state index is 0.0108. The van der Waals surface area contributed by atoms with Crippen LogP contribution in [0.3, 0.4) is 0 Å². The quantitative estimate of drug-likeness (QED) is 0.373. The highest BCUT2D eigenvalue weighted by Crippen LogP contribution is 2.20. The summed E-state index contributed by atoms with van der Waals surface area (Å²) in [6.07, 6.45) is 0.927. The molecule has 1 saturated heterocycles. The molecule has 0 N–H and O–H groups in total. The lowest BCUT2D eigenvalue weighted by Crippen LogP contribution is -2.49. The third-order valence-corrected chi connectivity index (χ3v) is 7.17. The van der Waals surface area contributed by atoms with Gasteiger partial charge in [0, 0.05) is 33.1 Å². The summed E-state index contributed by atoms with van der Waals surface area (Å²) in [5.74, 6) is 0.670. The maximum Gasteiger partial charge on any atom is 0.338 e. The Morgan fingerprint density at radius 1 is 0.882 bits per heavy atom. The molecule has 0 spiro atoms. The van der Waals surface area contributed by atoms with Gasteiger partial charge in [-0.2, -0.15) is 4.31 Å². The number of ether oxygens (including phenoxy) is 3. The molecule has 0 aromatic heterocycles. The normalized spacial score (nSPS) is 14.5. The van der Waals surface area contributed by atoms with Crippen molar-refractivity contribution in [3.8, 4) is 11.5 Å². The fraction of sp³-hybridized carbons (Fsp3) is 0.417. The van der Waals surface area contributed by atoms with Gasteiger partial charge in [-0.3, -0.25) is 4.79 Å². The Hall–Kier alpha value is -3.11. The highest BCUT2D eigenvalue weighted by molar-refractivity contribution is 7.89. The number of esters is 1. The number of rotatable bonds is 10. The summed E-state index contributed by atoms with van der Waals surface area (Å²) in [4.78, 5) is 25.5. The molecule has 184 valence electrons. The molecule has 3 rings (SSSR count). The maximum atomic E-state index is 13.0. The van der Waals surface area contributed by atoms with Gasteiger partial charge in [0.05, 0.1) is 17.1 Å². The highest BCUT2D eigenvalue weighted by Gasteiger charge is 2.29. The first kappa shape index (κ1) is 25.5. The summed E-state index contributed by atoms with van der Waals surface area (Å²) in [6.45, 7) is 5.40. The molecule has 0 unspecified atom stereocenters. The first-order valence-corrected chi connectivity index (χ1v) is 12.6. The Labute approximate surface area is 200 Å². The van der Waals surface area contributed by atoms with Crippen LogP contribution >= 0.6 is 0 Å². The predicted octanol–water partition coefficient (Wildman–Crippen LogP) is 2.56. The SMILES string of the molecule is CCCOc1ccc(OCCOC(=O)c2cccc(S(=O)(=O)N3CCN(C(C)=O)CC3)c2)cc1. The van der Waals surface area contributed by atoms with Gasteiger partial charge in [0.15, 0.2) is 0 Å². The fourth-order valence-corrected chi connectivity index (χ4v) is 4.87. The van der Waals surface area contributed by atoms with E-state index in [-0.39, 0.29) is 42.7 Å². The number of nitrogens with zero attached hydrogens (tertiary/aromatic N) is 2. The smallest absolute Gasteiger partial charge is 0.338 e. The molecule has 34 heavy (non-hydrogen) atoms. The summed E-state index contributed by atoms with van der Waals surface area (Å²) >= 11 is 0. The lowest BCUT2D eigenvalue weighted by Gasteiger charge is -2.33. The zero-order valence-corrected chi connectivity index (χ0v) is 20.3. The van der Waals surface area contributed by atoms with Gasteiger partial charge in [0.1, 0.15) is 24.7 Å². The van der Waals surface area contributed by atoms with Crippen molar-refractivity contribution < 1.29 is 32.2 Å². The molecule has 2 aromatic carbocycles. The summed E-state index contributed by atoms with van der Waals surface area (Å²) < 4.78 is 43.6. The largest absolute Gasteiger partial charge is 0.494 e.